The molecule has 7 heteroatoms. The number of fused-ring (bicyclic) bond motifs is 1. The van der Waals surface area contributed by atoms with Gasteiger partial charge in [-0.3, -0.25) is 14.9 Å². The summed E-state index contributed by atoms with van der Waals surface area (Å²) in [4.78, 5) is 26.7. The summed E-state index contributed by atoms with van der Waals surface area (Å²) in [5.74, 6) is 0.694. The number of hydrogen-bond donors (Lipinski definition) is 1. The highest BCUT2D eigenvalue weighted by molar-refractivity contribution is 5.95. The zero-order valence-electron chi connectivity index (χ0n) is 14.0. The first kappa shape index (κ1) is 16.6. The van der Waals surface area contributed by atoms with Crippen molar-refractivity contribution in [1.82, 2.24) is 9.55 Å². The number of nitro benzene ring substituents is 1. The summed E-state index contributed by atoms with van der Waals surface area (Å²) >= 11 is 0. The zero-order chi connectivity index (χ0) is 18.0. The third-order valence-electron chi connectivity index (χ3n) is 4.10. The number of benzene rings is 2. The molecule has 0 saturated heterocycles. The van der Waals surface area contributed by atoms with Crippen LogP contribution < -0.4 is 5.32 Å². The molecule has 0 atom stereocenters. The first-order valence-corrected chi connectivity index (χ1v) is 7.92. The average Bonchev–Trinajstić information content (AvgIpc) is 2.90. The van der Waals surface area contributed by atoms with Crippen LogP contribution in [0.2, 0.25) is 0 Å². The van der Waals surface area contributed by atoms with E-state index in [4.69, 9.17) is 0 Å². The van der Waals surface area contributed by atoms with E-state index in [2.05, 4.69) is 14.9 Å². The van der Waals surface area contributed by atoms with Crippen LogP contribution >= 0.6 is 0 Å². The van der Waals surface area contributed by atoms with Gasteiger partial charge >= 0.3 is 0 Å². The molecule has 1 aromatic heterocycles. The summed E-state index contributed by atoms with van der Waals surface area (Å²) in [6.07, 6.45) is 0. The molecule has 3 aromatic rings. The predicted octanol–water partition coefficient (Wildman–Crippen LogP) is 3.57. The van der Waals surface area contributed by atoms with Crippen LogP contribution in [0.4, 0.5) is 11.4 Å². The van der Waals surface area contributed by atoms with Crippen molar-refractivity contribution in [1.29, 1.82) is 0 Å². The molecule has 0 radical (unpaired) electrons. The number of hydrogen-bond acceptors (Lipinski definition) is 5. The van der Waals surface area contributed by atoms with E-state index < -0.39 is 4.92 Å². The van der Waals surface area contributed by atoms with E-state index in [1.165, 1.54) is 13.0 Å². The third kappa shape index (κ3) is 3.35. The summed E-state index contributed by atoms with van der Waals surface area (Å²) < 4.78 is 2.07. The summed E-state index contributed by atoms with van der Waals surface area (Å²) in [6.45, 7) is 4.45. The number of rotatable bonds is 6. The average molecular weight is 338 g/mol. The maximum Gasteiger partial charge on any atom is 0.293 e. The van der Waals surface area contributed by atoms with Crippen LogP contribution in [-0.2, 0) is 6.54 Å². The van der Waals surface area contributed by atoms with Crippen LogP contribution in [0.1, 0.15) is 23.1 Å². The van der Waals surface area contributed by atoms with Crippen LogP contribution in [0.3, 0.4) is 0 Å². The Balaban J connectivity index is 1.78. The van der Waals surface area contributed by atoms with Crippen molar-refractivity contribution in [3.05, 3.63) is 64.0 Å². The highest BCUT2D eigenvalue weighted by atomic mass is 16.6. The molecule has 0 aliphatic rings. The van der Waals surface area contributed by atoms with Gasteiger partial charge in [-0.25, -0.2) is 4.98 Å². The van der Waals surface area contributed by atoms with Crippen molar-refractivity contribution in [2.45, 2.75) is 20.4 Å². The summed E-state index contributed by atoms with van der Waals surface area (Å²) in [7, 11) is 0. The van der Waals surface area contributed by atoms with E-state index in [1.54, 1.807) is 12.1 Å². The minimum atomic E-state index is -0.480. The molecule has 2 aromatic carbocycles. The standard InChI is InChI=1S/C18H18N4O3/c1-12(23)14-7-8-15(18(11-14)22(24)25)19-9-10-21-13(2)20-16-5-3-4-6-17(16)21/h3-8,11,19H,9-10H2,1-2H3. The summed E-state index contributed by atoms with van der Waals surface area (Å²) in [6, 6.07) is 12.3. The first-order valence-electron chi connectivity index (χ1n) is 7.92. The number of imidazole rings is 1. The van der Waals surface area contributed by atoms with Crippen molar-refractivity contribution in [2.75, 3.05) is 11.9 Å². The highest BCUT2D eigenvalue weighted by Gasteiger charge is 2.16. The maximum absolute atomic E-state index is 11.4. The van der Waals surface area contributed by atoms with Crippen molar-refractivity contribution in [2.24, 2.45) is 0 Å². The van der Waals surface area contributed by atoms with Gasteiger partial charge in [0.15, 0.2) is 5.78 Å². The molecule has 3 rings (SSSR count). The second-order valence-corrected chi connectivity index (χ2v) is 5.77. The van der Waals surface area contributed by atoms with Gasteiger partial charge in [-0.05, 0) is 38.1 Å². The number of ketones is 1. The smallest absolute Gasteiger partial charge is 0.293 e. The fraction of sp³-hybridized carbons (Fsp3) is 0.222. The van der Waals surface area contributed by atoms with Gasteiger partial charge in [-0.15, -0.1) is 0 Å². The summed E-state index contributed by atoms with van der Waals surface area (Å²) in [5.41, 5.74) is 2.59. The Kier molecular flexibility index (Phi) is 4.47. The lowest BCUT2D eigenvalue weighted by atomic mass is 10.1. The van der Waals surface area contributed by atoms with E-state index in [0.717, 1.165) is 16.9 Å². The Bertz CT molecular complexity index is 962. The van der Waals surface area contributed by atoms with E-state index in [9.17, 15) is 14.9 Å². The van der Waals surface area contributed by atoms with Gasteiger partial charge in [0.25, 0.3) is 5.69 Å². The largest absolute Gasteiger partial charge is 0.378 e. The van der Waals surface area contributed by atoms with Gasteiger partial charge in [0, 0.05) is 24.7 Å². The molecule has 0 aliphatic heterocycles. The Labute approximate surface area is 144 Å². The number of aryl methyl sites for hydroxylation is 1. The van der Waals surface area contributed by atoms with E-state index >= 15 is 0 Å². The molecule has 0 bridgehead atoms. The monoisotopic (exact) mass is 338 g/mol. The Hall–Kier alpha value is -3.22. The van der Waals surface area contributed by atoms with Gasteiger partial charge in [-0.2, -0.15) is 0 Å². The number of nitrogens with zero attached hydrogens (tertiary/aromatic N) is 3. The number of nitrogens with one attached hydrogen (secondary N) is 1. The quantitative estimate of drug-likeness (QED) is 0.421. The minimum Gasteiger partial charge on any atom is -0.378 e. The molecule has 1 heterocycles. The molecule has 0 saturated carbocycles. The molecule has 128 valence electrons. The molecule has 7 nitrogen and oxygen atoms in total. The molecular weight excluding hydrogens is 320 g/mol. The van der Waals surface area contributed by atoms with Crippen molar-refractivity contribution < 1.29 is 9.72 Å². The Morgan fingerprint density at radius 2 is 2.04 bits per heavy atom. The highest BCUT2D eigenvalue weighted by Crippen LogP contribution is 2.26. The molecule has 0 fully saturated rings. The SMILES string of the molecule is CC(=O)c1ccc(NCCn2c(C)nc3ccccc32)c([N+](=O)[O-])c1. The number of anilines is 1. The number of para-hydroxylation sites is 2. The van der Waals surface area contributed by atoms with E-state index in [-0.39, 0.29) is 11.5 Å². The molecule has 0 unspecified atom stereocenters. The first-order chi connectivity index (χ1) is 12.0. The molecule has 0 spiro atoms. The molecule has 25 heavy (non-hydrogen) atoms. The van der Waals surface area contributed by atoms with Crippen molar-refractivity contribution in [3.8, 4) is 0 Å². The van der Waals surface area contributed by atoms with E-state index in [1.807, 2.05) is 31.2 Å². The normalized spacial score (nSPS) is 10.8. The van der Waals surface area contributed by atoms with Crippen LogP contribution in [0.5, 0.6) is 0 Å². The van der Waals surface area contributed by atoms with Gasteiger partial charge in [0.2, 0.25) is 0 Å². The van der Waals surface area contributed by atoms with Crippen LogP contribution in [0.15, 0.2) is 42.5 Å². The lowest BCUT2D eigenvalue weighted by Gasteiger charge is -2.10. The topological polar surface area (TPSA) is 90.1 Å². The van der Waals surface area contributed by atoms with Gasteiger partial charge in [-0.1, -0.05) is 12.1 Å². The fourth-order valence-corrected chi connectivity index (χ4v) is 2.83. The number of carbonyl (C=O) groups is 1. The van der Waals surface area contributed by atoms with E-state index in [0.29, 0.717) is 24.3 Å². The van der Waals surface area contributed by atoms with Gasteiger partial charge < -0.3 is 9.88 Å². The number of Topliss-reactive ketones (excluding diaryl/α,β-unsaturated/α-hetero) is 1. The Morgan fingerprint density at radius 3 is 2.76 bits per heavy atom. The summed E-state index contributed by atoms with van der Waals surface area (Å²) in [5, 5.41) is 14.3. The van der Waals surface area contributed by atoms with Crippen molar-refractivity contribution in [3.63, 3.8) is 0 Å². The lowest BCUT2D eigenvalue weighted by Crippen LogP contribution is -2.12. The lowest BCUT2D eigenvalue weighted by molar-refractivity contribution is -0.384. The molecule has 0 amide bonds. The molecule has 1 N–H and O–H groups in total. The predicted molar refractivity (Wildman–Crippen MR) is 96.1 cm³/mol. The fourth-order valence-electron chi connectivity index (χ4n) is 2.83. The second kappa shape index (κ2) is 6.72. The minimum absolute atomic E-state index is 0.0973. The van der Waals surface area contributed by atoms with Crippen molar-refractivity contribution >= 4 is 28.2 Å². The van der Waals surface area contributed by atoms with Gasteiger partial charge in [0.1, 0.15) is 11.5 Å². The second-order valence-electron chi connectivity index (χ2n) is 5.77. The number of aromatic nitrogens is 2. The van der Waals surface area contributed by atoms with Crippen LogP contribution in [-0.4, -0.2) is 26.8 Å². The number of carbonyl (C=O) groups excluding carboxylic acids is 1. The zero-order valence-corrected chi connectivity index (χ0v) is 14.0. The van der Waals surface area contributed by atoms with Crippen LogP contribution in [0.25, 0.3) is 11.0 Å². The third-order valence-corrected chi connectivity index (χ3v) is 4.10. The molecular formula is C18H18N4O3. The van der Waals surface area contributed by atoms with Crippen LogP contribution in [0, 0.1) is 17.0 Å². The Morgan fingerprint density at radius 1 is 1.28 bits per heavy atom. The van der Waals surface area contributed by atoms with Gasteiger partial charge in [0.05, 0.1) is 16.0 Å². The number of nitro groups is 1. The maximum atomic E-state index is 11.4. The molecule has 0 aliphatic carbocycles.